The Hall–Kier alpha value is -1.73. The average molecular weight is 361 g/mol. The summed E-state index contributed by atoms with van der Waals surface area (Å²) in [4.78, 5) is 13.5. The number of thiophene rings is 1. The van der Waals surface area contributed by atoms with Gasteiger partial charge in [0.1, 0.15) is 0 Å². The quantitative estimate of drug-likeness (QED) is 0.812. The van der Waals surface area contributed by atoms with E-state index in [0.717, 1.165) is 41.8 Å². The number of aryl methyl sites for hydroxylation is 1. The van der Waals surface area contributed by atoms with E-state index in [1.165, 1.54) is 17.4 Å². The van der Waals surface area contributed by atoms with E-state index < -0.39 is 22.7 Å². The van der Waals surface area contributed by atoms with E-state index in [0.29, 0.717) is 10.6 Å². The minimum Gasteiger partial charge on any atom is -0.390 e. The number of rotatable bonds is 2. The van der Waals surface area contributed by atoms with Crippen molar-refractivity contribution in [2.45, 2.75) is 25.4 Å². The number of carbonyl (C=O) groups is 1. The maximum absolute atomic E-state index is 12.9. The molecule has 0 spiro atoms. The van der Waals surface area contributed by atoms with Gasteiger partial charge in [-0.05, 0) is 43.0 Å². The van der Waals surface area contributed by atoms with Gasteiger partial charge < -0.3 is 11.1 Å². The number of fused-ring (bicyclic) bond motifs is 1. The van der Waals surface area contributed by atoms with E-state index in [1.54, 1.807) is 0 Å². The van der Waals surface area contributed by atoms with E-state index in [4.69, 9.17) is 17.3 Å². The molecule has 0 radical (unpaired) electrons. The standard InChI is InChI=1S/C15H12ClF3N2OS/c16-10-5-4-7(6-9(10)15(17,18)19)21-14(22)12-8-2-1-3-11(8)23-13(12)20/h4-6H,1-3,20H2,(H,21,22). The van der Waals surface area contributed by atoms with Crippen LogP contribution >= 0.6 is 22.9 Å². The molecule has 1 aromatic carbocycles. The molecule has 23 heavy (non-hydrogen) atoms. The summed E-state index contributed by atoms with van der Waals surface area (Å²) in [6, 6.07) is 3.27. The molecule has 0 aliphatic heterocycles. The summed E-state index contributed by atoms with van der Waals surface area (Å²) in [5, 5.41) is 2.47. The molecule has 0 fully saturated rings. The molecule has 0 saturated carbocycles. The Bertz CT molecular complexity index is 786. The van der Waals surface area contributed by atoms with Crippen LogP contribution in [-0.2, 0) is 19.0 Å². The lowest BCUT2D eigenvalue weighted by molar-refractivity contribution is -0.137. The Kier molecular flexibility index (Phi) is 4.01. The van der Waals surface area contributed by atoms with Crippen molar-refractivity contribution in [2.75, 3.05) is 11.1 Å². The van der Waals surface area contributed by atoms with E-state index in [2.05, 4.69) is 5.32 Å². The summed E-state index contributed by atoms with van der Waals surface area (Å²) < 4.78 is 38.6. The molecule has 2 aromatic rings. The lowest BCUT2D eigenvalue weighted by atomic mass is 10.1. The number of hydrogen-bond acceptors (Lipinski definition) is 3. The van der Waals surface area contributed by atoms with Crippen molar-refractivity contribution in [1.29, 1.82) is 0 Å². The molecule has 3 N–H and O–H groups in total. The van der Waals surface area contributed by atoms with Gasteiger partial charge in [0.15, 0.2) is 0 Å². The Morgan fingerprint density at radius 3 is 2.74 bits per heavy atom. The van der Waals surface area contributed by atoms with E-state index >= 15 is 0 Å². The fraction of sp³-hybridized carbons (Fsp3) is 0.267. The van der Waals surface area contributed by atoms with Gasteiger partial charge >= 0.3 is 6.18 Å². The summed E-state index contributed by atoms with van der Waals surface area (Å²) >= 11 is 6.94. The summed E-state index contributed by atoms with van der Waals surface area (Å²) in [5.41, 5.74) is 6.22. The predicted molar refractivity (Wildman–Crippen MR) is 85.2 cm³/mol. The van der Waals surface area contributed by atoms with Crippen LogP contribution in [0.3, 0.4) is 0 Å². The summed E-state index contributed by atoms with van der Waals surface area (Å²) in [7, 11) is 0. The number of anilines is 2. The van der Waals surface area contributed by atoms with Gasteiger partial charge in [-0.2, -0.15) is 13.2 Å². The average Bonchev–Trinajstić information content (AvgIpc) is 2.99. The Balaban J connectivity index is 1.90. The maximum atomic E-state index is 12.9. The third kappa shape index (κ3) is 3.03. The molecule has 0 saturated heterocycles. The fourth-order valence-corrected chi connectivity index (χ4v) is 4.07. The van der Waals surface area contributed by atoms with Crippen molar-refractivity contribution in [3.8, 4) is 0 Å². The van der Waals surface area contributed by atoms with Crippen LogP contribution in [0.4, 0.5) is 23.9 Å². The maximum Gasteiger partial charge on any atom is 0.417 e. The molecule has 0 bridgehead atoms. The number of halogens is 4. The molecule has 0 atom stereocenters. The van der Waals surface area contributed by atoms with Gasteiger partial charge in [-0.15, -0.1) is 11.3 Å². The molecule has 0 unspecified atom stereocenters. The topological polar surface area (TPSA) is 55.1 Å². The van der Waals surface area contributed by atoms with Crippen LogP contribution in [0.15, 0.2) is 18.2 Å². The third-order valence-corrected chi connectivity index (χ3v) is 5.16. The van der Waals surface area contributed by atoms with E-state index in [-0.39, 0.29) is 5.69 Å². The van der Waals surface area contributed by atoms with Gasteiger partial charge in [0.2, 0.25) is 0 Å². The molecule has 122 valence electrons. The normalized spacial score (nSPS) is 13.9. The number of benzene rings is 1. The third-order valence-electron chi connectivity index (χ3n) is 3.71. The van der Waals surface area contributed by atoms with Crippen molar-refractivity contribution < 1.29 is 18.0 Å². The number of alkyl halides is 3. The van der Waals surface area contributed by atoms with E-state index in [9.17, 15) is 18.0 Å². The van der Waals surface area contributed by atoms with E-state index in [1.807, 2.05) is 0 Å². The molecule has 1 heterocycles. The van der Waals surface area contributed by atoms with Gasteiger partial charge in [0, 0.05) is 10.6 Å². The smallest absolute Gasteiger partial charge is 0.390 e. The SMILES string of the molecule is Nc1sc2c(c1C(=O)Nc1ccc(Cl)c(C(F)(F)F)c1)CCC2. The first-order valence-electron chi connectivity index (χ1n) is 6.85. The van der Waals surface area contributed by atoms with Crippen molar-refractivity contribution in [1.82, 2.24) is 0 Å². The highest BCUT2D eigenvalue weighted by Gasteiger charge is 2.33. The predicted octanol–water partition coefficient (Wildman–Crippen LogP) is 4.74. The van der Waals surface area contributed by atoms with Crippen LogP contribution in [0, 0.1) is 0 Å². The highest BCUT2D eigenvalue weighted by Crippen LogP contribution is 2.39. The largest absolute Gasteiger partial charge is 0.417 e. The highest BCUT2D eigenvalue weighted by atomic mass is 35.5. The molecule has 1 aliphatic rings. The Morgan fingerprint density at radius 1 is 1.30 bits per heavy atom. The minimum absolute atomic E-state index is 0.0315. The number of amides is 1. The first kappa shape index (κ1) is 16.1. The van der Waals surface area contributed by atoms with Crippen LogP contribution in [-0.4, -0.2) is 5.91 Å². The monoisotopic (exact) mass is 360 g/mol. The summed E-state index contributed by atoms with van der Waals surface area (Å²) in [6.45, 7) is 0. The van der Waals surface area contributed by atoms with Gasteiger partial charge in [-0.3, -0.25) is 4.79 Å². The van der Waals surface area contributed by atoms with Crippen LogP contribution in [0.25, 0.3) is 0 Å². The molecular formula is C15H12ClF3N2OS. The van der Waals surface area contributed by atoms with Crippen molar-refractivity contribution >= 4 is 39.5 Å². The molecule has 1 amide bonds. The van der Waals surface area contributed by atoms with Crippen molar-refractivity contribution in [3.05, 3.63) is 44.8 Å². The molecule has 1 aromatic heterocycles. The van der Waals surface area contributed by atoms with Crippen LogP contribution in [0.1, 0.15) is 32.8 Å². The lowest BCUT2D eigenvalue weighted by Crippen LogP contribution is -2.15. The lowest BCUT2D eigenvalue weighted by Gasteiger charge is -2.12. The molecule has 1 aliphatic carbocycles. The van der Waals surface area contributed by atoms with Gasteiger partial charge in [-0.25, -0.2) is 0 Å². The second-order valence-corrected chi connectivity index (χ2v) is 6.79. The van der Waals surface area contributed by atoms with Crippen LogP contribution in [0.2, 0.25) is 5.02 Å². The van der Waals surface area contributed by atoms with Crippen LogP contribution in [0.5, 0.6) is 0 Å². The van der Waals surface area contributed by atoms with Crippen molar-refractivity contribution in [3.63, 3.8) is 0 Å². The highest BCUT2D eigenvalue weighted by molar-refractivity contribution is 7.16. The number of hydrogen-bond donors (Lipinski definition) is 2. The number of nitrogens with two attached hydrogens (primary N) is 1. The first-order valence-corrected chi connectivity index (χ1v) is 8.05. The zero-order valence-corrected chi connectivity index (χ0v) is 13.3. The molecular weight excluding hydrogens is 349 g/mol. The second-order valence-electron chi connectivity index (χ2n) is 5.24. The molecule has 8 heteroatoms. The molecule has 3 nitrogen and oxygen atoms in total. The Labute approximate surface area is 139 Å². The van der Waals surface area contributed by atoms with Crippen LogP contribution < -0.4 is 11.1 Å². The van der Waals surface area contributed by atoms with Gasteiger partial charge in [0.25, 0.3) is 5.91 Å². The number of nitrogens with one attached hydrogen (secondary N) is 1. The summed E-state index contributed by atoms with van der Waals surface area (Å²) in [5.74, 6) is -0.489. The number of carbonyl (C=O) groups excluding carboxylic acids is 1. The molecule has 3 rings (SSSR count). The fourth-order valence-electron chi connectivity index (χ4n) is 2.69. The zero-order chi connectivity index (χ0) is 16.8. The van der Waals surface area contributed by atoms with Gasteiger partial charge in [0.05, 0.1) is 21.2 Å². The van der Waals surface area contributed by atoms with Gasteiger partial charge in [-0.1, -0.05) is 11.6 Å². The Morgan fingerprint density at radius 2 is 2.04 bits per heavy atom. The van der Waals surface area contributed by atoms with Crippen molar-refractivity contribution in [2.24, 2.45) is 0 Å². The number of nitrogen functional groups attached to an aromatic ring is 1. The summed E-state index contributed by atoms with van der Waals surface area (Å²) in [6.07, 6.45) is -1.97. The second kappa shape index (κ2) is 5.72. The zero-order valence-electron chi connectivity index (χ0n) is 11.8. The minimum atomic E-state index is -4.58. The first-order chi connectivity index (χ1) is 10.8.